The van der Waals surface area contributed by atoms with E-state index in [-0.39, 0.29) is 0 Å². The van der Waals surface area contributed by atoms with Crippen molar-refractivity contribution in [2.24, 2.45) is 13.0 Å². The van der Waals surface area contributed by atoms with Crippen LogP contribution in [-0.2, 0) is 13.5 Å². The lowest BCUT2D eigenvalue weighted by atomic mass is 9.90. The largest absolute Gasteiger partial charge is 0.340 e. The van der Waals surface area contributed by atoms with E-state index in [2.05, 4.69) is 82.3 Å². The van der Waals surface area contributed by atoms with Gasteiger partial charge < -0.3 is 14.8 Å². The van der Waals surface area contributed by atoms with Crippen molar-refractivity contribution < 1.29 is 0 Å². The SMILES string of the molecule is C=C(Nc1cc2cc(-c3cncn3C)ccc2cn1)c1cccc(CC2CCN(C)CC2)c1. The van der Waals surface area contributed by atoms with Crippen LogP contribution < -0.4 is 5.32 Å². The lowest BCUT2D eigenvalue weighted by molar-refractivity contribution is 0.219. The van der Waals surface area contributed by atoms with Crippen molar-refractivity contribution in [2.45, 2.75) is 19.3 Å². The zero-order valence-electron chi connectivity index (χ0n) is 19.5. The van der Waals surface area contributed by atoms with E-state index in [4.69, 9.17) is 0 Å². The molecule has 2 aromatic heterocycles. The summed E-state index contributed by atoms with van der Waals surface area (Å²) in [7, 11) is 4.23. The second-order valence-electron chi connectivity index (χ2n) is 9.28. The molecule has 0 amide bonds. The number of rotatable bonds is 6. The number of nitrogens with one attached hydrogen (secondary N) is 1. The van der Waals surface area contributed by atoms with E-state index < -0.39 is 0 Å². The summed E-state index contributed by atoms with van der Waals surface area (Å²) in [5.41, 5.74) is 5.60. The molecule has 0 unspecified atom stereocenters. The van der Waals surface area contributed by atoms with Crippen molar-refractivity contribution in [3.63, 3.8) is 0 Å². The third-order valence-corrected chi connectivity index (χ3v) is 6.75. The molecule has 1 fully saturated rings. The van der Waals surface area contributed by atoms with Gasteiger partial charge in [0, 0.05) is 29.9 Å². The van der Waals surface area contributed by atoms with Gasteiger partial charge >= 0.3 is 0 Å². The Bertz CT molecular complexity index is 1280. The third kappa shape index (κ3) is 4.83. The van der Waals surface area contributed by atoms with Crippen LogP contribution in [0.2, 0.25) is 0 Å². The summed E-state index contributed by atoms with van der Waals surface area (Å²) in [4.78, 5) is 11.3. The first-order valence-electron chi connectivity index (χ1n) is 11.7. The topological polar surface area (TPSA) is 46.0 Å². The number of imidazole rings is 1. The Morgan fingerprint density at radius 1 is 1.03 bits per heavy atom. The van der Waals surface area contributed by atoms with Crippen molar-refractivity contribution in [3.05, 3.63) is 85.0 Å². The highest BCUT2D eigenvalue weighted by Gasteiger charge is 2.17. The number of hydrogen-bond donors (Lipinski definition) is 1. The van der Waals surface area contributed by atoms with Crippen LogP contribution in [0.1, 0.15) is 24.0 Å². The fraction of sp³-hybridized carbons (Fsp3) is 0.286. The van der Waals surface area contributed by atoms with E-state index >= 15 is 0 Å². The molecule has 168 valence electrons. The van der Waals surface area contributed by atoms with Crippen molar-refractivity contribution in [1.82, 2.24) is 19.4 Å². The van der Waals surface area contributed by atoms with Crippen molar-refractivity contribution >= 4 is 22.3 Å². The van der Waals surface area contributed by atoms with Crippen LogP contribution in [-0.4, -0.2) is 39.6 Å². The van der Waals surface area contributed by atoms with Gasteiger partial charge in [-0.1, -0.05) is 36.9 Å². The zero-order chi connectivity index (χ0) is 22.8. The second-order valence-corrected chi connectivity index (χ2v) is 9.28. The van der Waals surface area contributed by atoms with Crippen LogP contribution in [0.5, 0.6) is 0 Å². The molecule has 1 N–H and O–H groups in total. The number of piperidine rings is 1. The van der Waals surface area contributed by atoms with Gasteiger partial charge in [0.05, 0.1) is 18.2 Å². The van der Waals surface area contributed by atoms with Crippen LogP contribution in [0.3, 0.4) is 0 Å². The molecular formula is C28H31N5. The van der Waals surface area contributed by atoms with Crippen molar-refractivity contribution in [1.29, 1.82) is 0 Å². The summed E-state index contributed by atoms with van der Waals surface area (Å²) >= 11 is 0. The molecule has 3 heterocycles. The van der Waals surface area contributed by atoms with Gasteiger partial charge in [0.25, 0.3) is 0 Å². The summed E-state index contributed by atoms with van der Waals surface area (Å²) in [6.45, 7) is 6.70. The van der Waals surface area contributed by atoms with Gasteiger partial charge in [-0.25, -0.2) is 9.97 Å². The van der Waals surface area contributed by atoms with E-state index in [0.29, 0.717) is 0 Å². The molecule has 5 heteroatoms. The lowest BCUT2D eigenvalue weighted by Gasteiger charge is -2.29. The Labute approximate surface area is 195 Å². The Morgan fingerprint density at radius 2 is 1.88 bits per heavy atom. The molecule has 5 nitrogen and oxygen atoms in total. The molecule has 4 aromatic rings. The van der Waals surface area contributed by atoms with Gasteiger partial charge in [-0.15, -0.1) is 0 Å². The standard InChI is InChI=1S/C28H31N5/c1-20(23-6-4-5-22(14-23)13-21-9-11-32(2)12-10-21)31-28-16-26-15-24(7-8-25(26)17-30-28)27-18-29-19-33(27)3/h4-8,14-19,21H,1,9-13H2,2-3H3,(H,30,31). The quantitative estimate of drug-likeness (QED) is 0.426. The normalized spacial score (nSPS) is 15.1. The van der Waals surface area contributed by atoms with Crippen LogP contribution >= 0.6 is 0 Å². The van der Waals surface area contributed by atoms with E-state index in [1.165, 1.54) is 31.5 Å². The molecule has 0 bridgehead atoms. The molecule has 2 aromatic carbocycles. The minimum absolute atomic E-state index is 0.772. The molecule has 0 spiro atoms. The molecule has 0 atom stereocenters. The number of aryl methyl sites for hydroxylation is 1. The number of nitrogens with zero attached hydrogens (tertiary/aromatic N) is 4. The zero-order valence-corrected chi connectivity index (χ0v) is 19.5. The number of anilines is 1. The first-order chi connectivity index (χ1) is 16.0. The first-order valence-corrected chi connectivity index (χ1v) is 11.7. The molecule has 0 saturated carbocycles. The predicted octanol–water partition coefficient (Wildman–Crippen LogP) is 5.60. The van der Waals surface area contributed by atoms with Crippen LogP contribution in [0, 0.1) is 5.92 Å². The Hall–Kier alpha value is -3.44. The average molecular weight is 438 g/mol. The average Bonchev–Trinajstić information content (AvgIpc) is 3.26. The number of pyridine rings is 1. The van der Waals surface area contributed by atoms with Crippen molar-refractivity contribution in [3.8, 4) is 11.3 Å². The van der Waals surface area contributed by atoms with E-state index in [9.17, 15) is 0 Å². The monoisotopic (exact) mass is 437 g/mol. The summed E-state index contributed by atoms with van der Waals surface area (Å²) in [5.74, 6) is 1.57. The molecule has 33 heavy (non-hydrogen) atoms. The fourth-order valence-corrected chi connectivity index (χ4v) is 4.72. The predicted molar refractivity (Wildman–Crippen MR) is 137 cm³/mol. The Morgan fingerprint density at radius 3 is 2.67 bits per heavy atom. The summed E-state index contributed by atoms with van der Waals surface area (Å²) in [6.07, 6.45) is 9.32. The second kappa shape index (κ2) is 9.20. The Balaban J connectivity index is 1.32. The molecule has 0 radical (unpaired) electrons. The van der Waals surface area contributed by atoms with E-state index in [1.54, 1.807) is 0 Å². The molecule has 5 rings (SSSR count). The van der Waals surface area contributed by atoms with Crippen LogP contribution in [0.15, 0.2) is 73.8 Å². The number of aromatic nitrogens is 3. The van der Waals surface area contributed by atoms with Crippen LogP contribution in [0.25, 0.3) is 27.7 Å². The third-order valence-electron chi connectivity index (χ3n) is 6.75. The maximum absolute atomic E-state index is 4.61. The maximum atomic E-state index is 4.61. The first kappa shape index (κ1) is 21.4. The van der Waals surface area contributed by atoms with Gasteiger partial charge in [0.2, 0.25) is 0 Å². The van der Waals surface area contributed by atoms with Gasteiger partial charge in [-0.2, -0.15) is 0 Å². The molecule has 1 aliphatic heterocycles. The molecule has 0 aliphatic carbocycles. The fourth-order valence-electron chi connectivity index (χ4n) is 4.72. The number of fused-ring (bicyclic) bond motifs is 1. The molecular weight excluding hydrogens is 406 g/mol. The minimum atomic E-state index is 0.772. The summed E-state index contributed by atoms with van der Waals surface area (Å²) in [5, 5.41) is 5.67. The number of likely N-dealkylation sites (tertiary alicyclic amines) is 1. The molecule has 1 aliphatic rings. The van der Waals surface area contributed by atoms with Crippen molar-refractivity contribution in [2.75, 3.05) is 25.5 Å². The Kier molecular flexibility index (Phi) is 5.97. The van der Waals surface area contributed by atoms with Gasteiger partial charge in [0.1, 0.15) is 5.82 Å². The summed E-state index contributed by atoms with van der Waals surface area (Å²) in [6, 6.07) is 17.3. The highest BCUT2D eigenvalue weighted by Crippen LogP contribution is 2.27. The lowest BCUT2D eigenvalue weighted by Crippen LogP contribution is -2.30. The van der Waals surface area contributed by atoms with E-state index in [0.717, 1.165) is 51.4 Å². The minimum Gasteiger partial charge on any atom is -0.340 e. The van der Waals surface area contributed by atoms with Gasteiger partial charge in [-0.05, 0) is 80.0 Å². The van der Waals surface area contributed by atoms with E-state index in [1.807, 2.05) is 30.3 Å². The summed E-state index contributed by atoms with van der Waals surface area (Å²) < 4.78 is 2.03. The van der Waals surface area contributed by atoms with Crippen LogP contribution in [0.4, 0.5) is 5.82 Å². The molecule has 1 saturated heterocycles. The highest BCUT2D eigenvalue weighted by molar-refractivity contribution is 5.89. The van der Waals surface area contributed by atoms with Gasteiger partial charge in [-0.3, -0.25) is 0 Å². The highest BCUT2D eigenvalue weighted by atomic mass is 15.1. The number of benzene rings is 2. The smallest absolute Gasteiger partial charge is 0.130 e. The maximum Gasteiger partial charge on any atom is 0.130 e. The van der Waals surface area contributed by atoms with Gasteiger partial charge in [0.15, 0.2) is 0 Å². The number of hydrogen-bond acceptors (Lipinski definition) is 4.